The lowest BCUT2D eigenvalue weighted by molar-refractivity contribution is -0.221. The number of alkyl halides is 1. The maximum atomic E-state index is 16.7. The smallest absolute Gasteiger partial charge is 0.259 e. The van der Waals surface area contributed by atoms with Gasteiger partial charge in [-0.25, -0.2) is 4.39 Å². The molecule has 44 heavy (non-hydrogen) atoms. The van der Waals surface area contributed by atoms with Crippen LogP contribution in [-0.2, 0) is 19.1 Å². The first-order valence-electron chi connectivity index (χ1n) is 17.3. The molecule has 238 valence electrons. The zero-order valence-corrected chi connectivity index (χ0v) is 25.7. The van der Waals surface area contributed by atoms with Crippen LogP contribution in [-0.4, -0.2) is 108 Å². The summed E-state index contributed by atoms with van der Waals surface area (Å²) in [6.45, 7) is 3.53. The van der Waals surface area contributed by atoms with Crippen molar-refractivity contribution >= 4 is 17.4 Å². The van der Waals surface area contributed by atoms with E-state index in [0.717, 1.165) is 44.5 Å². The minimum atomic E-state index is -1.19. The predicted octanol–water partition coefficient (Wildman–Crippen LogP) is 4.02. The summed E-state index contributed by atoms with van der Waals surface area (Å²) in [5.74, 6) is 0.343. The Labute approximate surface area is 260 Å². The Morgan fingerprint density at radius 3 is 2.50 bits per heavy atom. The number of hydrogen-bond acceptors (Lipinski definition) is 7. The molecule has 1 aromatic rings. The van der Waals surface area contributed by atoms with Crippen LogP contribution in [0, 0.1) is 17.8 Å². The number of nitrogens with one attached hydrogen (secondary N) is 1. The molecule has 4 aliphatic heterocycles. The lowest BCUT2D eigenvalue weighted by Crippen LogP contribution is -2.74. The van der Waals surface area contributed by atoms with Gasteiger partial charge in [0.05, 0.1) is 49.1 Å². The minimum absolute atomic E-state index is 0.00302. The molecule has 0 radical (unpaired) electrons. The van der Waals surface area contributed by atoms with Gasteiger partial charge in [-0.15, -0.1) is 0 Å². The van der Waals surface area contributed by atoms with E-state index in [4.69, 9.17) is 9.47 Å². The molecule has 1 aromatic carbocycles. The number of anilines is 1. The number of rotatable bonds is 5. The van der Waals surface area contributed by atoms with Gasteiger partial charge in [-0.05, 0) is 62.6 Å². The third kappa shape index (κ3) is 5.07. The second kappa shape index (κ2) is 12.0. The second-order valence-electron chi connectivity index (χ2n) is 14.4. The number of morpholine rings is 2. The van der Waals surface area contributed by atoms with Gasteiger partial charge in [0, 0.05) is 43.5 Å². The molecular formula is C35H47FN4O4. The van der Waals surface area contributed by atoms with E-state index in [9.17, 15) is 9.59 Å². The first kappa shape index (κ1) is 28.9. The summed E-state index contributed by atoms with van der Waals surface area (Å²) in [4.78, 5) is 34.4. The fourth-order valence-corrected chi connectivity index (χ4v) is 10.0. The summed E-state index contributed by atoms with van der Waals surface area (Å²) in [5.41, 5.74) is 1.32. The standard InChI is InChI=1S/C35H47FN4O4/c36-28-19-26-31-34(32(28)39-12-6-11-25(39)20-37-24-9-2-1-3-10-24)44-30-18-23-8-5-4-7-22(23)17-29(30)40(31)21-27(33(26)41)35(42)38-13-15-43-16-14-38/h1-3,9-10,21-23,25-26,28-32,34,37H,4-8,11-20H2/t22?,23?,25-,26?,28?,29?,30?,31?,32?,34?/m0/s1. The molecule has 8 rings (SSSR count). The molecule has 6 fully saturated rings. The number of fused-ring (bicyclic) bond motifs is 3. The Kier molecular flexibility index (Phi) is 7.91. The largest absolute Gasteiger partial charge is 0.383 e. The van der Waals surface area contributed by atoms with Crippen molar-refractivity contribution in [3.8, 4) is 0 Å². The lowest BCUT2D eigenvalue weighted by Gasteiger charge is -2.62. The second-order valence-corrected chi connectivity index (χ2v) is 14.4. The van der Waals surface area contributed by atoms with Crippen molar-refractivity contribution in [1.82, 2.24) is 14.7 Å². The average Bonchev–Trinajstić information content (AvgIpc) is 3.52. The van der Waals surface area contributed by atoms with Crippen molar-refractivity contribution in [3.05, 3.63) is 42.1 Å². The molecule has 7 aliphatic rings. The number of likely N-dealkylation sites (tertiary alicyclic amines) is 1. The monoisotopic (exact) mass is 606 g/mol. The van der Waals surface area contributed by atoms with E-state index < -0.39 is 24.2 Å². The van der Waals surface area contributed by atoms with Crippen molar-refractivity contribution in [3.63, 3.8) is 0 Å². The van der Waals surface area contributed by atoms with E-state index in [1.807, 2.05) is 24.4 Å². The number of ketones is 1. The molecule has 10 atom stereocenters. The van der Waals surface area contributed by atoms with Gasteiger partial charge < -0.3 is 24.6 Å². The van der Waals surface area contributed by atoms with Crippen LogP contribution < -0.4 is 5.32 Å². The minimum Gasteiger partial charge on any atom is -0.383 e. The molecule has 1 N–H and O–H groups in total. The molecule has 0 aromatic heterocycles. The van der Waals surface area contributed by atoms with Gasteiger partial charge in [0.25, 0.3) is 5.91 Å². The highest BCUT2D eigenvalue weighted by Gasteiger charge is 2.61. The molecule has 1 amide bonds. The van der Waals surface area contributed by atoms with Crippen LogP contribution in [0.25, 0.3) is 0 Å². The van der Waals surface area contributed by atoms with Gasteiger partial charge in [-0.2, -0.15) is 0 Å². The van der Waals surface area contributed by atoms with Crippen LogP contribution >= 0.6 is 0 Å². The quantitative estimate of drug-likeness (QED) is 0.508. The van der Waals surface area contributed by atoms with Crippen LogP contribution in [0.3, 0.4) is 0 Å². The number of ether oxygens (including phenoxy) is 2. The van der Waals surface area contributed by atoms with Crippen molar-refractivity contribution in [2.45, 2.75) is 100 Å². The van der Waals surface area contributed by atoms with Gasteiger partial charge >= 0.3 is 0 Å². The average molecular weight is 607 g/mol. The molecule has 3 saturated heterocycles. The molecule has 3 saturated carbocycles. The van der Waals surface area contributed by atoms with Crippen LogP contribution in [0.5, 0.6) is 0 Å². The normalized spacial score (nSPS) is 40.5. The molecule has 4 heterocycles. The Balaban J connectivity index is 1.12. The van der Waals surface area contributed by atoms with Crippen LogP contribution in [0.4, 0.5) is 10.1 Å². The van der Waals surface area contributed by atoms with Crippen LogP contribution in [0.2, 0.25) is 0 Å². The fourth-order valence-electron chi connectivity index (χ4n) is 10.0. The van der Waals surface area contributed by atoms with E-state index in [1.165, 1.54) is 25.7 Å². The SMILES string of the molecule is O=C1C(C(=O)N2CCOCC2)=CN2C3CC4CCCCC4CC3OC3C2C1CC(F)C3N1CCC[C@H]1CNc1ccccc1. The highest BCUT2D eigenvalue weighted by atomic mass is 19.1. The Morgan fingerprint density at radius 2 is 1.70 bits per heavy atom. The number of carbonyl (C=O) groups is 2. The molecule has 0 spiro atoms. The number of nitrogens with zero attached hydrogens (tertiary/aromatic N) is 3. The molecule has 9 unspecified atom stereocenters. The summed E-state index contributed by atoms with van der Waals surface area (Å²) < 4.78 is 29.3. The Bertz CT molecular complexity index is 1260. The Hall–Kier alpha value is -2.49. The van der Waals surface area contributed by atoms with Crippen molar-refractivity contribution in [2.75, 3.05) is 44.7 Å². The number of hydrogen-bond donors (Lipinski definition) is 1. The van der Waals surface area contributed by atoms with E-state index in [0.29, 0.717) is 38.1 Å². The highest BCUT2D eigenvalue weighted by Crippen LogP contribution is 2.51. The molecular weight excluding hydrogens is 559 g/mol. The zero-order chi connectivity index (χ0) is 29.8. The van der Waals surface area contributed by atoms with Gasteiger partial charge in [0.1, 0.15) is 6.17 Å². The predicted molar refractivity (Wildman–Crippen MR) is 165 cm³/mol. The van der Waals surface area contributed by atoms with E-state index >= 15 is 4.39 Å². The van der Waals surface area contributed by atoms with Crippen LogP contribution in [0.1, 0.15) is 57.8 Å². The third-order valence-electron chi connectivity index (χ3n) is 12.1. The number of halogens is 1. The molecule has 0 bridgehead atoms. The van der Waals surface area contributed by atoms with E-state index in [1.54, 1.807) is 4.90 Å². The summed E-state index contributed by atoms with van der Waals surface area (Å²) in [5, 5.41) is 3.59. The van der Waals surface area contributed by atoms with Crippen LogP contribution in [0.15, 0.2) is 42.1 Å². The van der Waals surface area contributed by atoms with E-state index in [2.05, 4.69) is 27.2 Å². The van der Waals surface area contributed by atoms with Gasteiger partial charge in [0.15, 0.2) is 5.78 Å². The summed E-state index contributed by atoms with van der Waals surface area (Å²) in [6, 6.07) is 9.92. The maximum Gasteiger partial charge on any atom is 0.259 e. The number of benzene rings is 1. The van der Waals surface area contributed by atoms with Crippen molar-refractivity contribution < 1.29 is 23.5 Å². The first-order valence-corrected chi connectivity index (χ1v) is 17.3. The zero-order valence-electron chi connectivity index (χ0n) is 25.7. The summed E-state index contributed by atoms with van der Waals surface area (Å²) in [7, 11) is 0. The lowest BCUT2D eigenvalue weighted by atomic mass is 9.64. The van der Waals surface area contributed by atoms with Gasteiger partial charge in [0.2, 0.25) is 0 Å². The fraction of sp³-hybridized carbons (Fsp3) is 0.714. The molecule has 3 aliphatic carbocycles. The topological polar surface area (TPSA) is 74.3 Å². The van der Waals surface area contributed by atoms with Crippen molar-refractivity contribution in [1.29, 1.82) is 0 Å². The molecule has 8 nitrogen and oxygen atoms in total. The third-order valence-corrected chi connectivity index (χ3v) is 12.1. The first-order chi connectivity index (χ1) is 21.6. The maximum absolute atomic E-state index is 16.7. The summed E-state index contributed by atoms with van der Waals surface area (Å²) in [6.07, 6.45) is 9.60. The number of para-hydroxylation sites is 1. The summed E-state index contributed by atoms with van der Waals surface area (Å²) >= 11 is 0. The molecule has 9 heteroatoms. The number of carbonyl (C=O) groups excluding carboxylic acids is 2. The Morgan fingerprint density at radius 1 is 0.932 bits per heavy atom. The van der Waals surface area contributed by atoms with Gasteiger partial charge in [-0.3, -0.25) is 14.5 Å². The highest BCUT2D eigenvalue weighted by molar-refractivity contribution is 6.20. The number of amides is 1. The van der Waals surface area contributed by atoms with E-state index in [-0.39, 0.29) is 47.9 Å². The van der Waals surface area contributed by atoms with Gasteiger partial charge in [-0.1, -0.05) is 43.9 Å². The van der Waals surface area contributed by atoms with Crippen molar-refractivity contribution in [2.24, 2.45) is 17.8 Å². The number of Topliss-reactive ketones (excluding diaryl/α,β-unsaturated/α-hetero) is 1.